The van der Waals surface area contributed by atoms with E-state index < -0.39 is 34.4 Å². The maximum Gasteiger partial charge on any atom is 0.264 e. The minimum absolute atomic E-state index is 0.0164. The molecule has 12 heteroatoms. The number of hydrogen-bond acceptors (Lipinski definition) is 5. The van der Waals surface area contributed by atoms with Gasteiger partial charge < -0.3 is 15.0 Å². The summed E-state index contributed by atoms with van der Waals surface area (Å²) in [7, 11) is -2.81. The van der Waals surface area contributed by atoms with Crippen LogP contribution in [0.15, 0.2) is 65.6 Å². The predicted molar refractivity (Wildman–Crippen MR) is 163 cm³/mol. The van der Waals surface area contributed by atoms with Crippen LogP contribution in [0.4, 0.5) is 5.69 Å². The van der Waals surface area contributed by atoms with Crippen molar-refractivity contribution in [2.75, 3.05) is 24.5 Å². The number of amides is 2. The fourth-order valence-electron chi connectivity index (χ4n) is 4.01. The smallest absolute Gasteiger partial charge is 0.264 e. The Labute approximate surface area is 256 Å². The molecule has 3 rings (SSSR count). The van der Waals surface area contributed by atoms with Gasteiger partial charge in [-0.15, -0.1) is 0 Å². The molecule has 0 heterocycles. The summed E-state index contributed by atoms with van der Waals surface area (Å²) in [6, 6.07) is 14.6. The fourth-order valence-corrected chi connectivity index (χ4v) is 6.18. The van der Waals surface area contributed by atoms with Gasteiger partial charge in [-0.1, -0.05) is 65.5 Å². The van der Waals surface area contributed by atoms with Crippen LogP contribution >= 0.6 is 34.8 Å². The molecule has 220 valence electrons. The Balaban J connectivity index is 2.09. The molecular weight excluding hydrogens is 609 g/mol. The molecule has 0 unspecified atom stereocenters. The van der Waals surface area contributed by atoms with Crippen LogP contribution in [0, 0.1) is 6.92 Å². The summed E-state index contributed by atoms with van der Waals surface area (Å²) in [4.78, 5) is 28.3. The number of carbonyl (C=O) groups excluding carboxylic acids is 2. The van der Waals surface area contributed by atoms with E-state index in [2.05, 4.69) is 5.32 Å². The normalized spacial score (nSPS) is 12.0. The lowest BCUT2D eigenvalue weighted by Gasteiger charge is -2.32. The van der Waals surface area contributed by atoms with Gasteiger partial charge in [0.25, 0.3) is 10.0 Å². The van der Waals surface area contributed by atoms with Gasteiger partial charge in [-0.05, 0) is 62.7 Å². The van der Waals surface area contributed by atoms with Crippen LogP contribution in [0.3, 0.4) is 0 Å². The first-order chi connectivity index (χ1) is 19.4. The van der Waals surface area contributed by atoms with Crippen molar-refractivity contribution in [3.8, 4) is 5.75 Å². The average molecular weight is 641 g/mol. The molecule has 0 spiro atoms. The van der Waals surface area contributed by atoms with E-state index in [4.69, 9.17) is 39.5 Å². The third-order valence-electron chi connectivity index (χ3n) is 6.42. The molecule has 1 N–H and O–H groups in total. The highest BCUT2D eigenvalue weighted by molar-refractivity contribution is 7.92. The highest BCUT2D eigenvalue weighted by Crippen LogP contribution is 2.33. The number of nitrogens with one attached hydrogen (secondary N) is 1. The van der Waals surface area contributed by atoms with Gasteiger partial charge in [0.2, 0.25) is 11.8 Å². The van der Waals surface area contributed by atoms with Gasteiger partial charge in [-0.2, -0.15) is 0 Å². The van der Waals surface area contributed by atoms with Crippen molar-refractivity contribution in [2.45, 2.75) is 44.7 Å². The maximum absolute atomic E-state index is 14.0. The molecule has 3 aromatic carbocycles. The van der Waals surface area contributed by atoms with E-state index in [-0.39, 0.29) is 22.2 Å². The standard InChI is InChI=1S/C29H32Cl3N3O5S/c1-5-15-33-29(37)20(3)34(17-23-24(30)7-6-8-25(23)31)28(36)18-35(21-11-14-27(40-4)26(32)16-21)41(38,39)22-12-9-19(2)10-13-22/h6-14,16,20H,5,15,17-18H2,1-4H3,(H,33,37)/t20-/m1/s1. The second-order valence-corrected chi connectivity index (χ2v) is 12.4. The van der Waals surface area contributed by atoms with E-state index in [1.54, 1.807) is 37.3 Å². The first kappa shape index (κ1) is 32.5. The van der Waals surface area contributed by atoms with Crippen LogP contribution in [0.2, 0.25) is 15.1 Å². The van der Waals surface area contributed by atoms with Crippen molar-refractivity contribution in [2.24, 2.45) is 0 Å². The Morgan fingerprint density at radius 1 is 0.976 bits per heavy atom. The van der Waals surface area contributed by atoms with Crippen LogP contribution in [-0.4, -0.2) is 51.4 Å². The molecule has 0 fully saturated rings. The summed E-state index contributed by atoms with van der Waals surface area (Å²) < 4.78 is 34.1. The fraction of sp³-hybridized carbons (Fsp3) is 0.310. The summed E-state index contributed by atoms with van der Waals surface area (Å²) in [5.74, 6) is -0.711. The lowest BCUT2D eigenvalue weighted by Crippen LogP contribution is -2.51. The Morgan fingerprint density at radius 3 is 2.17 bits per heavy atom. The predicted octanol–water partition coefficient (Wildman–Crippen LogP) is 6.10. The molecule has 0 bridgehead atoms. The molecule has 0 aliphatic carbocycles. The van der Waals surface area contributed by atoms with E-state index in [1.165, 1.54) is 42.3 Å². The van der Waals surface area contributed by atoms with Gasteiger partial charge in [-0.3, -0.25) is 13.9 Å². The second kappa shape index (κ2) is 14.3. The molecule has 0 saturated carbocycles. The number of ether oxygens (including phenoxy) is 1. The van der Waals surface area contributed by atoms with E-state index in [0.29, 0.717) is 34.3 Å². The second-order valence-electron chi connectivity index (χ2n) is 9.33. The van der Waals surface area contributed by atoms with Gasteiger partial charge in [0, 0.05) is 28.7 Å². The Morgan fingerprint density at radius 2 is 1.61 bits per heavy atom. The molecule has 0 aliphatic heterocycles. The number of sulfonamides is 1. The number of nitrogens with zero attached hydrogens (tertiary/aromatic N) is 2. The van der Waals surface area contributed by atoms with Crippen LogP contribution in [-0.2, 0) is 26.2 Å². The largest absolute Gasteiger partial charge is 0.495 e. The van der Waals surface area contributed by atoms with Crippen LogP contribution in [0.25, 0.3) is 0 Å². The summed E-state index contributed by atoms with van der Waals surface area (Å²) in [5.41, 5.74) is 1.44. The molecule has 3 aromatic rings. The molecule has 0 aliphatic rings. The van der Waals surface area contributed by atoms with Gasteiger partial charge in [0.05, 0.1) is 22.7 Å². The van der Waals surface area contributed by atoms with Crippen molar-refractivity contribution in [3.63, 3.8) is 0 Å². The number of methoxy groups -OCH3 is 1. The van der Waals surface area contributed by atoms with E-state index in [0.717, 1.165) is 9.87 Å². The summed E-state index contributed by atoms with van der Waals surface area (Å²) in [6.45, 7) is 4.97. The van der Waals surface area contributed by atoms with E-state index in [9.17, 15) is 18.0 Å². The molecule has 41 heavy (non-hydrogen) atoms. The lowest BCUT2D eigenvalue weighted by molar-refractivity contribution is -0.139. The molecule has 0 aromatic heterocycles. The van der Waals surface area contributed by atoms with Gasteiger partial charge >= 0.3 is 0 Å². The third kappa shape index (κ3) is 7.86. The van der Waals surface area contributed by atoms with Gasteiger partial charge in [-0.25, -0.2) is 8.42 Å². The van der Waals surface area contributed by atoms with Crippen molar-refractivity contribution < 1.29 is 22.7 Å². The summed E-state index contributed by atoms with van der Waals surface area (Å²) >= 11 is 19.2. The Kier molecular flexibility index (Phi) is 11.3. The highest BCUT2D eigenvalue weighted by atomic mass is 35.5. The average Bonchev–Trinajstić information content (AvgIpc) is 2.94. The van der Waals surface area contributed by atoms with E-state index in [1.807, 2.05) is 13.8 Å². The molecule has 0 radical (unpaired) electrons. The lowest BCUT2D eigenvalue weighted by atomic mass is 10.1. The van der Waals surface area contributed by atoms with Gasteiger partial charge in [0.1, 0.15) is 18.3 Å². The Hall–Kier alpha value is -2.98. The monoisotopic (exact) mass is 639 g/mol. The van der Waals surface area contributed by atoms with Crippen LogP contribution in [0.5, 0.6) is 5.75 Å². The number of anilines is 1. The zero-order chi connectivity index (χ0) is 30.3. The Bertz CT molecular complexity index is 1480. The topological polar surface area (TPSA) is 96.0 Å². The summed E-state index contributed by atoms with van der Waals surface area (Å²) in [5, 5.41) is 3.56. The number of halogens is 3. The van der Waals surface area contributed by atoms with E-state index >= 15 is 0 Å². The molecule has 2 amide bonds. The first-order valence-corrected chi connectivity index (χ1v) is 15.4. The maximum atomic E-state index is 14.0. The molecule has 0 saturated heterocycles. The van der Waals surface area contributed by atoms with Crippen LogP contribution in [0.1, 0.15) is 31.4 Å². The zero-order valence-corrected chi connectivity index (χ0v) is 26.2. The van der Waals surface area contributed by atoms with Crippen molar-refractivity contribution in [1.29, 1.82) is 0 Å². The van der Waals surface area contributed by atoms with Gasteiger partial charge in [0.15, 0.2) is 0 Å². The minimum atomic E-state index is -4.25. The SMILES string of the molecule is CCCNC(=O)[C@@H](C)N(Cc1c(Cl)cccc1Cl)C(=O)CN(c1ccc(OC)c(Cl)c1)S(=O)(=O)c1ccc(C)cc1. The van der Waals surface area contributed by atoms with Crippen LogP contribution < -0.4 is 14.4 Å². The third-order valence-corrected chi connectivity index (χ3v) is 9.21. The zero-order valence-electron chi connectivity index (χ0n) is 23.2. The van der Waals surface area contributed by atoms with Crippen molar-refractivity contribution in [1.82, 2.24) is 10.2 Å². The summed E-state index contributed by atoms with van der Waals surface area (Å²) in [6.07, 6.45) is 0.698. The number of rotatable bonds is 12. The number of hydrogen-bond donors (Lipinski definition) is 1. The molecule has 1 atom stereocenters. The molecular formula is C29H32Cl3N3O5S. The quantitative estimate of drug-likeness (QED) is 0.258. The minimum Gasteiger partial charge on any atom is -0.495 e. The molecule has 8 nitrogen and oxygen atoms in total. The number of aryl methyl sites for hydroxylation is 1. The van der Waals surface area contributed by atoms with Crippen molar-refractivity contribution >= 4 is 62.3 Å². The highest BCUT2D eigenvalue weighted by Gasteiger charge is 2.33. The first-order valence-electron chi connectivity index (χ1n) is 12.8. The number of benzene rings is 3. The number of carbonyl (C=O) groups is 2. The van der Waals surface area contributed by atoms with Crippen molar-refractivity contribution in [3.05, 3.63) is 86.9 Å².